The number of carbonyl (C=O) groups is 1. The molecule has 0 saturated carbocycles. The van der Waals surface area contributed by atoms with Gasteiger partial charge in [-0.05, 0) is 30.0 Å². The number of likely N-dealkylation sites (tertiary alicyclic amines) is 1. The van der Waals surface area contributed by atoms with Crippen molar-refractivity contribution in [3.05, 3.63) is 46.4 Å². The van der Waals surface area contributed by atoms with Crippen LogP contribution in [0.5, 0.6) is 0 Å². The fourth-order valence-corrected chi connectivity index (χ4v) is 2.50. The minimum Gasteiger partial charge on any atom is -0.339 e. The Morgan fingerprint density at radius 3 is 2.95 bits per heavy atom. The van der Waals surface area contributed by atoms with Crippen LogP contribution in [-0.4, -0.2) is 28.9 Å². The molecule has 0 aliphatic carbocycles. The van der Waals surface area contributed by atoms with Crippen molar-refractivity contribution in [1.82, 2.24) is 9.88 Å². The van der Waals surface area contributed by atoms with E-state index in [1.165, 1.54) is 6.08 Å². The first kappa shape index (κ1) is 13.6. The second-order valence-corrected chi connectivity index (χ2v) is 5.35. The van der Waals surface area contributed by atoms with Crippen LogP contribution in [0.4, 0.5) is 0 Å². The molecule has 0 bridgehead atoms. The molecule has 2 heterocycles. The Morgan fingerprint density at radius 2 is 2.32 bits per heavy atom. The van der Waals surface area contributed by atoms with Gasteiger partial charge in [0, 0.05) is 30.8 Å². The zero-order chi connectivity index (χ0) is 14.0. The average molecular weight is 260 g/mol. The molecule has 1 aliphatic heterocycles. The van der Waals surface area contributed by atoms with Crippen LogP contribution >= 0.6 is 0 Å². The molecule has 1 amide bonds. The third-order valence-corrected chi connectivity index (χ3v) is 3.74. The number of H-pyrrole nitrogens is 1. The van der Waals surface area contributed by atoms with Crippen molar-refractivity contribution in [3.63, 3.8) is 0 Å². The summed E-state index contributed by atoms with van der Waals surface area (Å²) < 4.78 is 0. The highest BCUT2D eigenvalue weighted by Gasteiger charge is 2.27. The summed E-state index contributed by atoms with van der Waals surface area (Å²) in [6.45, 7) is 8.99. The summed E-state index contributed by atoms with van der Waals surface area (Å²) in [5.41, 5.74) is 1.89. The molecule has 0 radical (unpaired) electrons. The number of carbonyl (C=O) groups excluding carboxylic acids is 1. The fourth-order valence-electron chi connectivity index (χ4n) is 2.50. The largest absolute Gasteiger partial charge is 0.339 e. The van der Waals surface area contributed by atoms with Crippen molar-refractivity contribution >= 4 is 5.91 Å². The van der Waals surface area contributed by atoms with Crippen LogP contribution in [0.15, 0.2) is 29.7 Å². The van der Waals surface area contributed by atoms with Gasteiger partial charge < -0.3 is 9.88 Å². The van der Waals surface area contributed by atoms with Gasteiger partial charge in [0.15, 0.2) is 0 Å². The van der Waals surface area contributed by atoms with E-state index >= 15 is 0 Å². The zero-order valence-electron chi connectivity index (χ0n) is 11.5. The maximum Gasteiger partial charge on any atom is 0.251 e. The van der Waals surface area contributed by atoms with Gasteiger partial charge in [-0.3, -0.25) is 9.59 Å². The molecule has 1 aromatic heterocycles. The maximum atomic E-state index is 11.9. The van der Waals surface area contributed by atoms with Crippen LogP contribution in [-0.2, 0) is 4.79 Å². The molecular formula is C15H20N2O2. The third kappa shape index (κ3) is 2.78. The predicted octanol–water partition coefficient (Wildman–Crippen LogP) is 2.00. The Hall–Kier alpha value is -1.84. The van der Waals surface area contributed by atoms with Crippen LogP contribution in [0.1, 0.15) is 43.2 Å². The van der Waals surface area contributed by atoms with E-state index in [2.05, 4.69) is 25.4 Å². The summed E-state index contributed by atoms with van der Waals surface area (Å²) in [4.78, 5) is 28.1. The number of hydrogen-bond donors (Lipinski definition) is 1. The highest BCUT2D eigenvalue weighted by Crippen LogP contribution is 2.26. The number of aromatic nitrogens is 1. The molecule has 4 heteroatoms. The number of hydrogen-bond acceptors (Lipinski definition) is 2. The second kappa shape index (κ2) is 5.43. The van der Waals surface area contributed by atoms with E-state index in [4.69, 9.17) is 0 Å². The topological polar surface area (TPSA) is 53.2 Å². The Bertz CT molecular complexity index is 545. The second-order valence-electron chi connectivity index (χ2n) is 5.35. The molecule has 0 aromatic carbocycles. The highest BCUT2D eigenvalue weighted by molar-refractivity contribution is 5.87. The minimum absolute atomic E-state index is 0.0395. The van der Waals surface area contributed by atoms with E-state index in [1.807, 2.05) is 6.07 Å². The van der Waals surface area contributed by atoms with Gasteiger partial charge in [-0.1, -0.05) is 20.4 Å². The average Bonchev–Trinajstić information content (AvgIpc) is 2.87. The predicted molar refractivity (Wildman–Crippen MR) is 75.3 cm³/mol. The first-order valence-electron chi connectivity index (χ1n) is 6.66. The fraction of sp³-hybridized carbons (Fsp3) is 0.467. The van der Waals surface area contributed by atoms with Crippen molar-refractivity contribution in [2.75, 3.05) is 13.1 Å². The van der Waals surface area contributed by atoms with Gasteiger partial charge in [-0.15, -0.1) is 0 Å². The summed E-state index contributed by atoms with van der Waals surface area (Å²) in [5.74, 6) is 0.452. The van der Waals surface area contributed by atoms with Gasteiger partial charge >= 0.3 is 0 Å². The standard InChI is InChI=1S/C15H20N2O2/c1-4-14(18)17-6-5-11(9-17)13-7-12(10(2)3)8-16-15(13)19/h4,7-8,10-11H,1,5-6,9H2,2-3H3,(H,16,19). The van der Waals surface area contributed by atoms with Gasteiger partial charge in [0.25, 0.3) is 5.56 Å². The normalized spacial score (nSPS) is 18.9. The molecule has 1 aliphatic rings. The van der Waals surface area contributed by atoms with Crippen molar-refractivity contribution < 1.29 is 4.79 Å². The Kier molecular flexibility index (Phi) is 3.88. The van der Waals surface area contributed by atoms with E-state index in [0.717, 1.165) is 17.5 Å². The van der Waals surface area contributed by atoms with E-state index in [-0.39, 0.29) is 17.4 Å². The lowest BCUT2D eigenvalue weighted by atomic mass is 9.95. The summed E-state index contributed by atoms with van der Waals surface area (Å²) in [6, 6.07) is 1.98. The molecule has 0 spiro atoms. The summed E-state index contributed by atoms with van der Waals surface area (Å²) >= 11 is 0. The van der Waals surface area contributed by atoms with E-state index < -0.39 is 0 Å². The zero-order valence-corrected chi connectivity index (χ0v) is 11.5. The van der Waals surface area contributed by atoms with Gasteiger partial charge in [-0.25, -0.2) is 0 Å². The Labute approximate surface area is 113 Å². The highest BCUT2D eigenvalue weighted by atomic mass is 16.2. The van der Waals surface area contributed by atoms with Crippen molar-refractivity contribution in [2.24, 2.45) is 0 Å². The number of nitrogens with zero attached hydrogens (tertiary/aromatic N) is 1. The van der Waals surface area contributed by atoms with Crippen molar-refractivity contribution in [1.29, 1.82) is 0 Å². The Morgan fingerprint density at radius 1 is 1.58 bits per heavy atom. The summed E-state index contributed by atoms with van der Waals surface area (Å²) in [7, 11) is 0. The SMILES string of the molecule is C=CC(=O)N1CCC(c2cc(C(C)C)c[nH]c2=O)C1. The van der Waals surface area contributed by atoms with Crippen LogP contribution in [0.2, 0.25) is 0 Å². The smallest absolute Gasteiger partial charge is 0.251 e. The van der Waals surface area contributed by atoms with Gasteiger partial charge in [0.05, 0.1) is 0 Å². The lowest BCUT2D eigenvalue weighted by Gasteiger charge is -2.15. The molecular weight excluding hydrogens is 240 g/mol. The van der Waals surface area contributed by atoms with E-state index in [9.17, 15) is 9.59 Å². The number of aromatic amines is 1. The minimum atomic E-state index is -0.0565. The van der Waals surface area contributed by atoms with Crippen LogP contribution < -0.4 is 5.56 Å². The van der Waals surface area contributed by atoms with Gasteiger partial charge in [0.1, 0.15) is 0 Å². The van der Waals surface area contributed by atoms with E-state index in [1.54, 1.807) is 11.1 Å². The first-order valence-corrected chi connectivity index (χ1v) is 6.66. The lowest BCUT2D eigenvalue weighted by molar-refractivity contribution is -0.125. The molecule has 102 valence electrons. The summed E-state index contributed by atoms with van der Waals surface area (Å²) in [6.07, 6.45) is 3.94. The maximum absolute atomic E-state index is 11.9. The van der Waals surface area contributed by atoms with Crippen molar-refractivity contribution in [3.8, 4) is 0 Å². The van der Waals surface area contributed by atoms with Crippen LogP contribution in [0.25, 0.3) is 0 Å². The molecule has 1 atom stereocenters. The monoisotopic (exact) mass is 260 g/mol. The first-order chi connectivity index (χ1) is 9.02. The quantitative estimate of drug-likeness (QED) is 0.845. The number of pyridine rings is 1. The molecule has 1 unspecified atom stereocenters. The van der Waals surface area contributed by atoms with Crippen molar-refractivity contribution in [2.45, 2.75) is 32.1 Å². The lowest BCUT2D eigenvalue weighted by Crippen LogP contribution is -2.27. The molecule has 1 fully saturated rings. The third-order valence-electron chi connectivity index (χ3n) is 3.74. The van der Waals surface area contributed by atoms with Gasteiger partial charge in [-0.2, -0.15) is 0 Å². The summed E-state index contributed by atoms with van der Waals surface area (Å²) in [5, 5.41) is 0. The molecule has 2 rings (SSSR count). The number of amides is 1. The molecule has 19 heavy (non-hydrogen) atoms. The molecule has 4 nitrogen and oxygen atoms in total. The Balaban J connectivity index is 2.24. The number of rotatable bonds is 3. The molecule has 1 N–H and O–H groups in total. The number of nitrogens with one attached hydrogen (secondary N) is 1. The van der Waals surface area contributed by atoms with Crippen LogP contribution in [0, 0.1) is 0 Å². The van der Waals surface area contributed by atoms with Crippen LogP contribution in [0.3, 0.4) is 0 Å². The molecule has 1 saturated heterocycles. The molecule has 1 aromatic rings. The van der Waals surface area contributed by atoms with Gasteiger partial charge in [0.2, 0.25) is 5.91 Å². The van der Waals surface area contributed by atoms with E-state index in [0.29, 0.717) is 19.0 Å².